The smallest absolute Gasteiger partial charge is 0.329 e. The Morgan fingerprint density at radius 2 is 1.93 bits per heavy atom. The number of rotatable bonds is 4. The summed E-state index contributed by atoms with van der Waals surface area (Å²) in [6.07, 6.45) is 2.58. The maximum Gasteiger partial charge on any atom is 0.329 e. The predicted molar refractivity (Wildman–Crippen MR) is 112 cm³/mol. The van der Waals surface area contributed by atoms with Gasteiger partial charge in [-0.25, -0.2) is 4.79 Å². The molecular formula is C22H22ClN3O3. The minimum absolute atomic E-state index is 0.0360. The van der Waals surface area contributed by atoms with Gasteiger partial charge in [-0.15, -0.1) is 0 Å². The summed E-state index contributed by atoms with van der Waals surface area (Å²) in [6.45, 7) is 0.301. The number of halogens is 1. The van der Waals surface area contributed by atoms with Crippen LogP contribution in [0.1, 0.15) is 42.9 Å². The van der Waals surface area contributed by atoms with E-state index in [1.54, 1.807) is 29.9 Å². The molecule has 29 heavy (non-hydrogen) atoms. The number of aliphatic hydroxyl groups excluding tert-OH is 1. The van der Waals surface area contributed by atoms with Crippen LogP contribution in [0.4, 0.5) is 0 Å². The lowest BCUT2D eigenvalue weighted by molar-refractivity contribution is 0.110. The molecule has 1 heterocycles. The molecule has 4 rings (SSSR count). The predicted octanol–water partition coefficient (Wildman–Crippen LogP) is 3.86. The van der Waals surface area contributed by atoms with Gasteiger partial charge in [-0.1, -0.05) is 17.7 Å². The first-order chi connectivity index (χ1) is 14.0. The molecule has 0 spiro atoms. The summed E-state index contributed by atoms with van der Waals surface area (Å²) >= 11 is 6.41. The second-order valence-corrected chi connectivity index (χ2v) is 7.88. The topological polar surface area (TPSA) is 80.2 Å². The van der Waals surface area contributed by atoms with E-state index in [1.807, 2.05) is 22.8 Å². The number of aliphatic hydroxyl groups is 1. The molecule has 150 valence electrons. The van der Waals surface area contributed by atoms with Crippen molar-refractivity contribution in [2.24, 2.45) is 0 Å². The Morgan fingerprint density at radius 3 is 2.59 bits per heavy atom. The largest absolute Gasteiger partial charge is 0.497 e. The van der Waals surface area contributed by atoms with E-state index in [9.17, 15) is 15.2 Å². The highest BCUT2D eigenvalue weighted by Crippen LogP contribution is 2.31. The lowest BCUT2D eigenvalue weighted by Crippen LogP contribution is -2.31. The van der Waals surface area contributed by atoms with E-state index in [1.165, 1.54) is 0 Å². The van der Waals surface area contributed by atoms with Crippen molar-refractivity contribution >= 4 is 22.6 Å². The average Bonchev–Trinajstić information content (AvgIpc) is 3.00. The molecule has 7 heteroatoms. The van der Waals surface area contributed by atoms with Gasteiger partial charge in [-0.3, -0.25) is 9.13 Å². The van der Waals surface area contributed by atoms with Crippen LogP contribution in [0.2, 0.25) is 5.02 Å². The lowest BCUT2D eigenvalue weighted by atomic mass is 9.93. The standard InChI is InChI=1S/C22H22ClN3O3/c1-29-18-8-3-15(19(23)11-18)13-25-21-10-14(12-24)2-9-20(21)26(22(25)28)16-4-6-17(27)7-5-16/h2-3,8-11,16-17,27H,4-7,13H2,1H3/t16-,17-. The minimum atomic E-state index is -0.293. The molecule has 0 bridgehead atoms. The first-order valence-electron chi connectivity index (χ1n) is 9.67. The molecule has 0 radical (unpaired) electrons. The van der Waals surface area contributed by atoms with Crippen LogP contribution >= 0.6 is 11.6 Å². The van der Waals surface area contributed by atoms with Crippen molar-refractivity contribution in [3.05, 3.63) is 63.0 Å². The normalized spacial score (nSPS) is 19.2. The molecule has 0 aliphatic heterocycles. The number of methoxy groups -OCH3 is 1. The number of nitrogens with zero attached hydrogens (tertiary/aromatic N) is 3. The Bertz CT molecular complexity index is 1150. The van der Waals surface area contributed by atoms with Gasteiger partial charge in [0.1, 0.15) is 5.75 Å². The Morgan fingerprint density at radius 1 is 1.17 bits per heavy atom. The van der Waals surface area contributed by atoms with Crippen LogP contribution in [0.5, 0.6) is 5.75 Å². The van der Waals surface area contributed by atoms with E-state index in [0.29, 0.717) is 41.2 Å². The molecule has 0 saturated heterocycles. The number of benzene rings is 2. The SMILES string of the molecule is COc1ccc(Cn2c(=O)n([C@H]3CC[C@H](O)CC3)c3ccc(C#N)cc32)c(Cl)c1. The third kappa shape index (κ3) is 3.64. The number of ether oxygens (including phenoxy) is 1. The molecule has 1 fully saturated rings. The summed E-state index contributed by atoms with van der Waals surface area (Å²) in [4.78, 5) is 13.4. The van der Waals surface area contributed by atoms with Crippen LogP contribution in [-0.2, 0) is 6.54 Å². The molecule has 1 aromatic heterocycles. The number of hydrogen-bond donors (Lipinski definition) is 1. The lowest BCUT2D eigenvalue weighted by Gasteiger charge is -2.26. The van der Waals surface area contributed by atoms with E-state index in [0.717, 1.165) is 23.9 Å². The monoisotopic (exact) mass is 411 g/mol. The Balaban J connectivity index is 1.83. The molecule has 1 aliphatic rings. The molecule has 0 atom stereocenters. The zero-order valence-electron chi connectivity index (χ0n) is 16.1. The van der Waals surface area contributed by atoms with Gasteiger partial charge in [0.15, 0.2) is 0 Å². The molecule has 3 aromatic rings. The van der Waals surface area contributed by atoms with E-state index >= 15 is 0 Å². The van der Waals surface area contributed by atoms with Crippen LogP contribution in [0.15, 0.2) is 41.2 Å². The summed E-state index contributed by atoms with van der Waals surface area (Å²) < 4.78 is 8.70. The molecule has 1 aliphatic carbocycles. The number of imidazole rings is 1. The van der Waals surface area contributed by atoms with Gasteiger partial charge in [0, 0.05) is 11.1 Å². The molecule has 1 N–H and O–H groups in total. The van der Waals surface area contributed by atoms with Gasteiger partial charge in [-0.05, 0) is 61.6 Å². The highest BCUT2D eigenvalue weighted by atomic mass is 35.5. The molecule has 2 aromatic carbocycles. The Hall–Kier alpha value is -2.75. The number of hydrogen-bond acceptors (Lipinski definition) is 4. The summed E-state index contributed by atoms with van der Waals surface area (Å²) in [6, 6.07) is 12.9. The first-order valence-corrected chi connectivity index (χ1v) is 10.0. The number of nitriles is 1. The van der Waals surface area contributed by atoms with Crippen molar-refractivity contribution < 1.29 is 9.84 Å². The highest BCUT2D eigenvalue weighted by molar-refractivity contribution is 6.31. The van der Waals surface area contributed by atoms with Gasteiger partial charge >= 0.3 is 5.69 Å². The van der Waals surface area contributed by atoms with Gasteiger partial charge in [0.05, 0.1) is 42.4 Å². The fourth-order valence-electron chi connectivity index (χ4n) is 4.12. The zero-order valence-corrected chi connectivity index (χ0v) is 16.9. The fourth-order valence-corrected chi connectivity index (χ4v) is 4.35. The van der Waals surface area contributed by atoms with Crippen LogP contribution in [0.3, 0.4) is 0 Å². The van der Waals surface area contributed by atoms with Gasteiger partial charge < -0.3 is 9.84 Å². The fraction of sp³-hybridized carbons (Fsp3) is 0.364. The van der Waals surface area contributed by atoms with Crippen LogP contribution in [0.25, 0.3) is 11.0 Å². The molecule has 0 unspecified atom stereocenters. The molecule has 6 nitrogen and oxygen atoms in total. The van der Waals surface area contributed by atoms with E-state index < -0.39 is 0 Å². The quantitative estimate of drug-likeness (QED) is 0.706. The van der Waals surface area contributed by atoms with Crippen molar-refractivity contribution in [1.82, 2.24) is 9.13 Å². The Kier molecular flexibility index (Phi) is 5.35. The third-order valence-electron chi connectivity index (χ3n) is 5.71. The van der Waals surface area contributed by atoms with Crippen molar-refractivity contribution in [3.8, 4) is 11.8 Å². The van der Waals surface area contributed by atoms with Gasteiger partial charge in [-0.2, -0.15) is 5.26 Å². The van der Waals surface area contributed by atoms with Crippen LogP contribution < -0.4 is 10.4 Å². The maximum absolute atomic E-state index is 13.4. The second kappa shape index (κ2) is 7.94. The van der Waals surface area contributed by atoms with Crippen molar-refractivity contribution in [2.75, 3.05) is 7.11 Å². The molecular weight excluding hydrogens is 390 g/mol. The van der Waals surface area contributed by atoms with Crippen molar-refractivity contribution in [2.45, 2.75) is 44.4 Å². The Labute approximate surface area is 173 Å². The highest BCUT2D eigenvalue weighted by Gasteiger charge is 2.26. The first kappa shape index (κ1) is 19.6. The van der Waals surface area contributed by atoms with Gasteiger partial charge in [0.25, 0.3) is 0 Å². The third-order valence-corrected chi connectivity index (χ3v) is 6.06. The maximum atomic E-state index is 13.4. The number of aromatic nitrogens is 2. The summed E-state index contributed by atoms with van der Waals surface area (Å²) in [7, 11) is 1.58. The summed E-state index contributed by atoms with van der Waals surface area (Å²) in [5.74, 6) is 0.654. The second-order valence-electron chi connectivity index (χ2n) is 7.47. The summed E-state index contributed by atoms with van der Waals surface area (Å²) in [5, 5.41) is 19.7. The number of fused-ring (bicyclic) bond motifs is 1. The van der Waals surface area contributed by atoms with Crippen molar-refractivity contribution in [1.29, 1.82) is 5.26 Å². The van der Waals surface area contributed by atoms with Crippen LogP contribution in [-0.4, -0.2) is 27.5 Å². The summed E-state index contributed by atoms with van der Waals surface area (Å²) in [5.41, 5.74) is 2.70. The van der Waals surface area contributed by atoms with E-state index in [-0.39, 0.29) is 17.8 Å². The van der Waals surface area contributed by atoms with Crippen molar-refractivity contribution in [3.63, 3.8) is 0 Å². The zero-order chi connectivity index (χ0) is 20.5. The van der Waals surface area contributed by atoms with E-state index in [4.69, 9.17) is 16.3 Å². The molecule has 1 saturated carbocycles. The minimum Gasteiger partial charge on any atom is -0.497 e. The van der Waals surface area contributed by atoms with Crippen LogP contribution in [0, 0.1) is 11.3 Å². The molecule has 0 amide bonds. The van der Waals surface area contributed by atoms with E-state index in [2.05, 4.69) is 6.07 Å². The average molecular weight is 412 g/mol. The van der Waals surface area contributed by atoms with Gasteiger partial charge in [0.2, 0.25) is 0 Å².